The fourth-order valence-electron chi connectivity index (χ4n) is 5.61. The number of hydrogen-bond acceptors (Lipinski definition) is 3. The highest BCUT2D eigenvalue weighted by Crippen LogP contribution is 2.46. The van der Waals surface area contributed by atoms with Gasteiger partial charge in [0.15, 0.2) is 0 Å². The van der Waals surface area contributed by atoms with Crippen LogP contribution in [0.2, 0.25) is 0 Å². The van der Waals surface area contributed by atoms with E-state index in [9.17, 15) is 4.79 Å². The summed E-state index contributed by atoms with van der Waals surface area (Å²) in [6.07, 6.45) is 9.57. The van der Waals surface area contributed by atoms with Crippen molar-refractivity contribution in [2.75, 3.05) is 11.9 Å². The summed E-state index contributed by atoms with van der Waals surface area (Å²) in [4.78, 5) is 13.7. The number of fused-ring (bicyclic) bond motifs is 1. The molecule has 3 nitrogen and oxygen atoms in total. The van der Waals surface area contributed by atoms with Crippen LogP contribution in [0.3, 0.4) is 0 Å². The Morgan fingerprint density at radius 1 is 0.976 bits per heavy atom. The number of Topliss-reactive ketones (excluding diaryl/α,β-unsaturated/α-hetero) is 1. The van der Waals surface area contributed by atoms with Crippen molar-refractivity contribution >= 4 is 11.5 Å². The van der Waals surface area contributed by atoms with Crippen LogP contribution in [-0.4, -0.2) is 12.8 Å². The average molecular weight is 546 g/mol. The number of aryl methyl sites for hydroxylation is 2. The fraction of sp³-hybridized carbons (Fsp3) is 0.289. The number of anilines is 1. The molecule has 1 heterocycles. The van der Waals surface area contributed by atoms with Gasteiger partial charge in [0.05, 0.1) is 0 Å². The summed E-state index contributed by atoms with van der Waals surface area (Å²) < 4.78 is 6.43. The first kappa shape index (κ1) is 29.9. The van der Waals surface area contributed by atoms with Crippen LogP contribution >= 0.6 is 0 Å². The minimum Gasteiger partial charge on any atom is -0.457 e. The van der Waals surface area contributed by atoms with Gasteiger partial charge in [-0.1, -0.05) is 94.9 Å². The highest BCUT2D eigenvalue weighted by atomic mass is 16.5. The monoisotopic (exact) mass is 545 g/mol. The third kappa shape index (κ3) is 6.62. The summed E-state index contributed by atoms with van der Waals surface area (Å²) in [7, 11) is 2.12. The van der Waals surface area contributed by atoms with Crippen LogP contribution in [0.5, 0.6) is 5.75 Å². The molecule has 0 bridgehead atoms. The molecule has 3 aromatic carbocycles. The smallest absolute Gasteiger partial charge is 0.130 e. The van der Waals surface area contributed by atoms with Crippen molar-refractivity contribution in [2.45, 2.75) is 65.2 Å². The predicted molar refractivity (Wildman–Crippen MR) is 173 cm³/mol. The van der Waals surface area contributed by atoms with Crippen LogP contribution < -0.4 is 9.64 Å². The molecule has 0 amide bonds. The number of nitrogens with zero attached hydrogens (tertiary/aromatic N) is 1. The Morgan fingerprint density at radius 3 is 2.29 bits per heavy atom. The predicted octanol–water partition coefficient (Wildman–Crippen LogP) is 9.18. The van der Waals surface area contributed by atoms with Gasteiger partial charge < -0.3 is 14.4 Å². The van der Waals surface area contributed by atoms with Crippen molar-refractivity contribution in [1.82, 2.24) is 0 Å². The zero-order valence-electron chi connectivity index (χ0n) is 25.6. The van der Waals surface area contributed by atoms with Crippen molar-refractivity contribution in [3.63, 3.8) is 0 Å². The van der Waals surface area contributed by atoms with Crippen molar-refractivity contribution in [1.29, 1.82) is 0 Å². The lowest BCUT2D eigenvalue weighted by molar-refractivity contribution is -0.116. The average Bonchev–Trinajstić information content (AvgIpc) is 3.14. The van der Waals surface area contributed by atoms with Crippen LogP contribution in [0.15, 0.2) is 121 Å². The molecule has 0 aliphatic carbocycles. The molecule has 0 atom stereocenters. The van der Waals surface area contributed by atoms with Crippen LogP contribution in [0.25, 0.3) is 0 Å². The van der Waals surface area contributed by atoms with Crippen LogP contribution in [0.4, 0.5) is 5.69 Å². The highest BCUT2D eigenvalue weighted by molar-refractivity contribution is 5.75. The third-order valence-corrected chi connectivity index (χ3v) is 8.34. The van der Waals surface area contributed by atoms with Gasteiger partial charge in [0.25, 0.3) is 0 Å². The molecule has 1 aliphatic rings. The molecule has 0 spiro atoms. The van der Waals surface area contributed by atoms with Gasteiger partial charge in [-0.05, 0) is 84.5 Å². The Balaban J connectivity index is 1.66. The molecule has 4 rings (SSSR count). The van der Waals surface area contributed by atoms with Gasteiger partial charge in [0.1, 0.15) is 17.3 Å². The number of ketones is 1. The van der Waals surface area contributed by atoms with E-state index in [1.54, 1.807) is 6.92 Å². The molecule has 3 heteroatoms. The summed E-state index contributed by atoms with van der Waals surface area (Å²) in [5.41, 5.74) is 8.00. The lowest BCUT2D eigenvalue weighted by Crippen LogP contribution is -2.22. The number of para-hydroxylation sites is 1. The van der Waals surface area contributed by atoms with Crippen LogP contribution in [-0.2, 0) is 22.0 Å². The van der Waals surface area contributed by atoms with Crippen LogP contribution in [0.1, 0.15) is 63.3 Å². The van der Waals surface area contributed by atoms with Gasteiger partial charge >= 0.3 is 0 Å². The molecule has 0 saturated heterocycles. The van der Waals surface area contributed by atoms with Crippen molar-refractivity contribution < 1.29 is 9.53 Å². The van der Waals surface area contributed by atoms with E-state index in [1.165, 1.54) is 28.1 Å². The molecule has 0 saturated carbocycles. The van der Waals surface area contributed by atoms with E-state index in [1.807, 2.05) is 36.4 Å². The maximum Gasteiger partial charge on any atom is 0.130 e. The number of benzene rings is 3. The van der Waals surface area contributed by atoms with Crippen molar-refractivity contribution in [2.24, 2.45) is 0 Å². The Hall–Kier alpha value is -4.11. The number of carbonyl (C=O) groups is 1. The Kier molecular flexibility index (Phi) is 8.87. The van der Waals surface area contributed by atoms with E-state index in [4.69, 9.17) is 4.74 Å². The SMILES string of the molecule is C=C(/C=C/C(=C/C=C1/N(C)c2ccccc2C1(C)C)Oc1ccc(CCC(C)=O)cc1)C(C)(C)c1ccccc1C. The topological polar surface area (TPSA) is 29.5 Å². The number of hydrogen-bond donors (Lipinski definition) is 0. The second kappa shape index (κ2) is 12.2. The van der Waals surface area contributed by atoms with Gasteiger partial charge in [0, 0.05) is 35.7 Å². The van der Waals surface area contributed by atoms with E-state index in [-0.39, 0.29) is 16.6 Å². The number of ether oxygens (including phenoxy) is 1. The zero-order valence-corrected chi connectivity index (χ0v) is 25.6. The number of carbonyl (C=O) groups excluding carboxylic acids is 1. The lowest BCUT2D eigenvalue weighted by Gasteiger charge is -2.28. The molecule has 0 fully saturated rings. The largest absolute Gasteiger partial charge is 0.457 e. The van der Waals surface area contributed by atoms with Crippen molar-refractivity contribution in [3.8, 4) is 5.75 Å². The Bertz CT molecular complexity index is 1520. The van der Waals surface area contributed by atoms with Gasteiger partial charge in [0.2, 0.25) is 0 Å². The normalized spacial score (nSPS) is 15.8. The summed E-state index contributed by atoms with van der Waals surface area (Å²) >= 11 is 0. The van der Waals surface area contributed by atoms with Gasteiger partial charge in [-0.2, -0.15) is 0 Å². The van der Waals surface area contributed by atoms with Gasteiger partial charge in [-0.3, -0.25) is 0 Å². The second-order valence-electron chi connectivity index (χ2n) is 12.1. The first-order valence-corrected chi connectivity index (χ1v) is 14.4. The fourth-order valence-corrected chi connectivity index (χ4v) is 5.61. The van der Waals surface area contributed by atoms with E-state index < -0.39 is 0 Å². The molecule has 0 aromatic heterocycles. The van der Waals surface area contributed by atoms with E-state index in [0.717, 1.165) is 29.1 Å². The summed E-state index contributed by atoms with van der Waals surface area (Å²) in [6, 6.07) is 25.0. The second-order valence-corrected chi connectivity index (χ2v) is 12.1. The number of rotatable bonds is 10. The quantitative estimate of drug-likeness (QED) is 0.188. The standard InChI is InChI=1S/C38H43NO2/c1-27-13-9-10-14-33(27)37(4,5)28(2)17-22-31(41-32-23-20-30(21-24-32)19-18-29(3)40)25-26-36-38(6,7)34-15-11-12-16-35(34)39(36)8/h9-17,20-26H,2,18-19H2,1,3-8H3/b22-17+,31-25-,36-26+. The Morgan fingerprint density at radius 2 is 1.63 bits per heavy atom. The maximum absolute atomic E-state index is 11.4. The Labute approximate surface area is 246 Å². The molecule has 0 N–H and O–H groups in total. The molecule has 41 heavy (non-hydrogen) atoms. The summed E-state index contributed by atoms with van der Waals surface area (Å²) in [5.74, 6) is 1.66. The number of allylic oxidation sites excluding steroid dienone is 6. The molecular formula is C38H43NO2. The van der Waals surface area contributed by atoms with E-state index in [2.05, 4.69) is 114 Å². The molecule has 0 unspecified atom stereocenters. The van der Waals surface area contributed by atoms with E-state index >= 15 is 0 Å². The first-order valence-electron chi connectivity index (χ1n) is 14.4. The van der Waals surface area contributed by atoms with Gasteiger partial charge in [-0.25, -0.2) is 0 Å². The summed E-state index contributed by atoms with van der Waals surface area (Å²) in [5, 5.41) is 0. The summed E-state index contributed by atoms with van der Waals surface area (Å²) in [6.45, 7) is 17.2. The lowest BCUT2D eigenvalue weighted by atomic mass is 9.76. The molecule has 0 radical (unpaired) electrons. The molecule has 1 aliphatic heterocycles. The zero-order chi connectivity index (χ0) is 29.8. The maximum atomic E-state index is 11.4. The third-order valence-electron chi connectivity index (χ3n) is 8.34. The van der Waals surface area contributed by atoms with Crippen molar-refractivity contribution in [3.05, 3.63) is 143 Å². The van der Waals surface area contributed by atoms with Gasteiger partial charge in [-0.15, -0.1) is 0 Å². The minimum absolute atomic E-state index is 0.133. The molecule has 3 aromatic rings. The highest BCUT2D eigenvalue weighted by Gasteiger charge is 2.37. The minimum atomic E-state index is -0.237. The first-order chi connectivity index (χ1) is 19.4. The van der Waals surface area contributed by atoms with Crippen LogP contribution in [0, 0.1) is 6.92 Å². The molecule has 212 valence electrons. The molecular weight excluding hydrogens is 502 g/mol. The van der Waals surface area contributed by atoms with E-state index in [0.29, 0.717) is 6.42 Å². The number of likely N-dealkylation sites (N-methyl/N-ethyl adjacent to an activating group) is 1.